The lowest BCUT2D eigenvalue weighted by Crippen LogP contribution is -2.41. The lowest BCUT2D eigenvalue weighted by atomic mass is 9.72. The number of rotatable bonds is 5. The summed E-state index contributed by atoms with van der Waals surface area (Å²) in [6, 6.07) is 7.25. The van der Waals surface area contributed by atoms with Crippen molar-refractivity contribution in [1.29, 1.82) is 0 Å². The van der Waals surface area contributed by atoms with Gasteiger partial charge in [-0.05, 0) is 66.9 Å². The number of carboxylic acid groups (broad SMARTS) is 1. The molecular weight excluding hydrogens is 416 g/mol. The molecule has 1 aromatic carbocycles. The van der Waals surface area contributed by atoms with E-state index in [0.29, 0.717) is 43.0 Å². The molecule has 172 valence electrons. The molecule has 0 radical (unpaired) electrons. The van der Waals surface area contributed by atoms with Gasteiger partial charge in [0.2, 0.25) is 0 Å². The SMILES string of the molecule is C#Cc1c[nH]c(C(=O)Nc2ccc(C3(C(=O)O)CCOCC3)cc2C2=CCC(C)(C)CC2)c1. The Morgan fingerprint density at radius 3 is 2.55 bits per heavy atom. The maximum Gasteiger partial charge on any atom is 0.314 e. The van der Waals surface area contributed by atoms with Crippen molar-refractivity contribution < 1.29 is 19.4 Å². The number of aliphatic carboxylic acids is 1. The predicted molar refractivity (Wildman–Crippen MR) is 128 cm³/mol. The van der Waals surface area contributed by atoms with Gasteiger partial charge < -0.3 is 20.1 Å². The predicted octanol–water partition coefficient (Wildman–Crippen LogP) is 4.97. The fraction of sp³-hybridized carbons (Fsp3) is 0.407. The van der Waals surface area contributed by atoms with Crippen LogP contribution in [0.4, 0.5) is 5.69 Å². The highest BCUT2D eigenvalue weighted by Crippen LogP contribution is 2.43. The molecule has 2 aliphatic rings. The molecule has 1 saturated heterocycles. The van der Waals surface area contributed by atoms with Gasteiger partial charge in [0.1, 0.15) is 5.69 Å². The second kappa shape index (κ2) is 8.92. The number of H-pyrrole nitrogens is 1. The molecule has 1 aliphatic heterocycles. The molecule has 0 atom stereocenters. The number of anilines is 1. The third-order valence-corrected chi connectivity index (χ3v) is 6.99. The Hall–Kier alpha value is -3.30. The number of ether oxygens (including phenoxy) is 1. The maximum absolute atomic E-state index is 12.9. The molecule has 33 heavy (non-hydrogen) atoms. The van der Waals surface area contributed by atoms with Gasteiger partial charge >= 0.3 is 5.97 Å². The van der Waals surface area contributed by atoms with E-state index in [2.05, 4.69) is 36.1 Å². The van der Waals surface area contributed by atoms with E-state index in [4.69, 9.17) is 11.2 Å². The smallest absolute Gasteiger partial charge is 0.314 e. The molecule has 4 rings (SSSR count). The van der Waals surface area contributed by atoms with Crippen molar-refractivity contribution in [2.45, 2.75) is 51.4 Å². The molecular formula is C27H30N2O4. The Bertz CT molecular complexity index is 1140. The molecule has 3 N–H and O–H groups in total. The average molecular weight is 447 g/mol. The van der Waals surface area contributed by atoms with E-state index in [1.54, 1.807) is 12.3 Å². The number of carbonyl (C=O) groups excluding carboxylic acids is 1. The Kier molecular flexibility index (Phi) is 6.18. The van der Waals surface area contributed by atoms with Crippen molar-refractivity contribution in [3.8, 4) is 12.3 Å². The minimum Gasteiger partial charge on any atom is -0.481 e. The topological polar surface area (TPSA) is 91.4 Å². The van der Waals surface area contributed by atoms with Gasteiger partial charge in [-0.2, -0.15) is 0 Å². The third-order valence-electron chi connectivity index (χ3n) is 6.99. The Labute approximate surface area is 194 Å². The first-order valence-electron chi connectivity index (χ1n) is 11.4. The number of hydrogen-bond donors (Lipinski definition) is 3. The second-order valence-corrected chi connectivity index (χ2v) is 9.76. The van der Waals surface area contributed by atoms with E-state index < -0.39 is 11.4 Å². The van der Waals surface area contributed by atoms with E-state index in [0.717, 1.165) is 36.0 Å². The Morgan fingerprint density at radius 2 is 1.94 bits per heavy atom. The zero-order valence-electron chi connectivity index (χ0n) is 19.2. The third kappa shape index (κ3) is 4.60. The summed E-state index contributed by atoms with van der Waals surface area (Å²) in [7, 11) is 0. The van der Waals surface area contributed by atoms with Gasteiger partial charge in [-0.3, -0.25) is 9.59 Å². The van der Waals surface area contributed by atoms with Crippen molar-refractivity contribution in [1.82, 2.24) is 4.98 Å². The van der Waals surface area contributed by atoms with Crippen LogP contribution < -0.4 is 5.32 Å². The van der Waals surface area contributed by atoms with Crippen LogP contribution in [0.5, 0.6) is 0 Å². The molecule has 2 aromatic rings. The van der Waals surface area contributed by atoms with E-state index >= 15 is 0 Å². The van der Waals surface area contributed by atoms with Crippen molar-refractivity contribution >= 4 is 23.1 Å². The number of hydrogen-bond acceptors (Lipinski definition) is 3. The van der Waals surface area contributed by atoms with Crippen LogP contribution >= 0.6 is 0 Å². The zero-order chi connectivity index (χ0) is 23.6. The summed E-state index contributed by atoms with van der Waals surface area (Å²) in [5.41, 5.74) is 3.67. The summed E-state index contributed by atoms with van der Waals surface area (Å²) in [6.45, 7) is 5.33. The van der Waals surface area contributed by atoms with Crippen molar-refractivity contribution in [2.75, 3.05) is 18.5 Å². The molecule has 0 spiro atoms. The van der Waals surface area contributed by atoms with Crippen LogP contribution in [-0.2, 0) is 14.9 Å². The van der Waals surface area contributed by atoms with Gasteiger partial charge in [0, 0.05) is 36.2 Å². The monoisotopic (exact) mass is 446 g/mol. The molecule has 0 bridgehead atoms. The number of carbonyl (C=O) groups is 2. The number of benzene rings is 1. The van der Waals surface area contributed by atoms with E-state index in [1.165, 1.54) is 0 Å². The summed E-state index contributed by atoms with van der Waals surface area (Å²) < 4.78 is 5.45. The van der Waals surface area contributed by atoms with Crippen LogP contribution in [0.15, 0.2) is 36.5 Å². The van der Waals surface area contributed by atoms with Gasteiger partial charge in [-0.1, -0.05) is 31.9 Å². The minimum absolute atomic E-state index is 0.226. The lowest BCUT2D eigenvalue weighted by Gasteiger charge is -2.35. The van der Waals surface area contributed by atoms with Crippen molar-refractivity contribution in [3.05, 3.63) is 58.9 Å². The molecule has 1 aromatic heterocycles. The second-order valence-electron chi connectivity index (χ2n) is 9.76. The number of allylic oxidation sites excluding steroid dienone is 2. The molecule has 1 fully saturated rings. The van der Waals surface area contributed by atoms with Gasteiger partial charge in [-0.25, -0.2) is 0 Å². The van der Waals surface area contributed by atoms with Crippen LogP contribution in [0.1, 0.15) is 73.1 Å². The summed E-state index contributed by atoms with van der Waals surface area (Å²) in [6.07, 6.45) is 12.9. The number of aromatic amines is 1. The minimum atomic E-state index is -0.981. The quantitative estimate of drug-likeness (QED) is 0.565. The van der Waals surface area contributed by atoms with Gasteiger partial charge in [0.25, 0.3) is 5.91 Å². The highest BCUT2D eigenvalue weighted by Gasteiger charge is 2.42. The summed E-state index contributed by atoms with van der Waals surface area (Å²) in [4.78, 5) is 28.2. The molecule has 6 nitrogen and oxygen atoms in total. The normalized spacial score (nSPS) is 19.2. The number of amides is 1. The molecule has 0 unspecified atom stereocenters. The first kappa shape index (κ1) is 22.9. The first-order chi connectivity index (χ1) is 15.7. The van der Waals surface area contributed by atoms with E-state index in [9.17, 15) is 14.7 Å². The van der Waals surface area contributed by atoms with E-state index in [-0.39, 0.29) is 11.3 Å². The van der Waals surface area contributed by atoms with Crippen LogP contribution in [0.3, 0.4) is 0 Å². The number of terminal acetylenes is 1. The lowest BCUT2D eigenvalue weighted by molar-refractivity contribution is -0.147. The Balaban J connectivity index is 1.74. The van der Waals surface area contributed by atoms with Crippen LogP contribution in [0.2, 0.25) is 0 Å². The van der Waals surface area contributed by atoms with Crippen LogP contribution in [-0.4, -0.2) is 35.2 Å². The van der Waals surface area contributed by atoms with Crippen molar-refractivity contribution in [3.63, 3.8) is 0 Å². The molecule has 0 saturated carbocycles. The largest absolute Gasteiger partial charge is 0.481 e. The zero-order valence-corrected chi connectivity index (χ0v) is 19.2. The summed E-state index contributed by atoms with van der Waals surface area (Å²) in [5, 5.41) is 13.1. The number of nitrogens with one attached hydrogen (secondary N) is 2. The van der Waals surface area contributed by atoms with Crippen LogP contribution in [0.25, 0.3) is 5.57 Å². The highest BCUT2D eigenvalue weighted by atomic mass is 16.5. The molecule has 2 heterocycles. The highest BCUT2D eigenvalue weighted by molar-refractivity contribution is 6.05. The number of aromatic nitrogens is 1. The fourth-order valence-corrected chi connectivity index (χ4v) is 4.68. The summed E-state index contributed by atoms with van der Waals surface area (Å²) in [5.74, 6) is 1.39. The first-order valence-corrected chi connectivity index (χ1v) is 11.4. The fourth-order valence-electron chi connectivity index (χ4n) is 4.68. The van der Waals surface area contributed by atoms with Gasteiger partial charge in [-0.15, -0.1) is 6.42 Å². The standard InChI is InChI=1S/C27H30N2O4/c1-4-18-15-23(28-17-18)24(30)29-22-6-5-20(27(25(31)32)11-13-33-14-12-27)16-21(22)19-7-9-26(2,3)10-8-19/h1,5-7,15-17,28H,8-14H2,2-3H3,(H,29,30)(H,31,32). The maximum atomic E-state index is 12.9. The Morgan fingerprint density at radius 1 is 1.18 bits per heavy atom. The van der Waals surface area contributed by atoms with Gasteiger partial charge in [0.05, 0.1) is 5.41 Å². The molecule has 1 aliphatic carbocycles. The summed E-state index contributed by atoms with van der Waals surface area (Å²) >= 11 is 0. The number of carboxylic acids is 1. The van der Waals surface area contributed by atoms with Gasteiger partial charge in [0.15, 0.2) is 0 Å². The molecule has 1 amide bonds. The van der Waals surface area contributed by atoms with Crippen LogP contribution in [0, 0.1) is 17.8 Å². The van der Waals surface area contributed by atoms with Crippen molar-refractivity contribution in [2.24, 2.45) is 5.41 Å². The van der Waals surface area contributed by atoms with E-state index in [1.807, 2.05) is 18.2 Å². The average Bonchev–Trinajstić information content (AvgIpc) is 3.29. The molecule has 6 heteroatoms.